The van der Waals surface area contributed by atoms with Crippen LogP contribution in [-0.4, -0.2) is 6.71 Å². The van der Waals surface area contributed by atoms with Gasteiger partial charge < -0.3 is 9.80 Å². The lowest BCUT2D eigenvalue weighted by molar-refractivity contribution is -0.253. The highest BCUT2D eigenvalue weighted by molar-refractivity contribution is 7.00. The zero-order valence-electron chi connectivity index (χ0n) is 28.2. The minimum Gasteiger partial charge on any atom is -0.311 e. The van der Waals surface area contributed by atoms with E-state index in [0.29, 0.717) is 5.69 Å². The second-order valence-electron chi connectivity index (χ2n) is 15.5. The minimum atomic E-state index is -4.29. The highest BCUT2D eigenvalue weighted by Crippen LogP contribution is 2.64. The SMILES string of the molecule is Cc1cc2c3c(c1)N(c1cccc4c1C(F)(F)C4(F)F)c1ccccc1B3c1cc(C(C)(C)C)ccc1N2c1ccc(C(C)(C)C)cc1. The van der Waals surface area contributed by atoms with E-state index in [9.17, 15) is 8.78 Å². The molecule has 0 saturated carbocycles. The molecular weight excluding hydrogens is 607 g/mol. The first kappa shape index (κ1) is 30.8. The van der Waals surface area contributed by atoms with Gasteiger partial charge in [-0.3, -0.25) is 0 Å². The molecule has 0 spiro atoms. The smallest absolute Gasteiger partial charge is 0.311 e. The molecule has 0 N–H and O–H groups in total. The molecule has 242 valence electrons. The Morgan fingerprint density at radius 1 is 0.542 bits per heavy atom. The second-order valence-corrected chi connectivity index (χ2v) is 15.5. The summed E-state index contributed by atoms with van der Waals surface area (Å²) in [7, 11) is 0. The van der Waals surface area contributed by atoms with Gasteiger partial charge in [0.25, 0.3) is 6.71 Å². The molecule has 7 heteroatoms. The Labute approximate surface area is 280 Å². The first-order valence-electron chi connectivity index (χ1n) is 16.5. The van der Waals surface area contributed by atoms with Crippen molar-refractivity contribution in [2.24, 2.45) is 0 Å². The van der Waals surface area contributed by atoms with Crippen LogP contribution in [0.3, 0.4) is 0 Å². The summed E-state index contributed by atoms with van der Waals surface area (Å²) in [4.78, 5) is 4.06. The number of para-hydroxylation sites is 1. The quantitative estimate of drug-likeness (QED) is 0.137. The largest absolute Gasteiger partial charge is 0.342 e. The van der Waals surface area contributed by atoms with Crippen LogP contribution in [0.15, 0.2) is 97.1 Å². The summed E-state index contributed by atoms with van der Waals surface area (Å²) >= 11 is 0. The number of halogens is 4. The van der Waals surface area contributed by atoms with Gasteiger partial charge in [-0.1, -0.05) is 96.1 Å². The van der Waals surface area contributed by atoms with Crippen molar-refractivity contribution in [3.63, 3.8) is 0 Å². The van der Waals surface area contributed by atoms with Gasteiger partial charge in [-0.15, -0.1) is 0 Å². The highest BCUT2D eigenvalue weighted by Gasteiger charge is 2.71. The molecule has 8 rings (SSSR count). The molecule has 0 amide bonds. The maximum absolute atomic E-state index is 15.4. The average Bonchev–Trinajstić information content (AvgIpc) is 3.03. The van der Waals surface area contributed by atoms with Crippen LogP contribution in [0, 0.1) is 6.92 Å². The molecular formula is C41H37BF4N2. The number of alkyl halides is 4. The summed E-state index contributed by atoms with van der Waals surface area (Å²) in [5, 5.41) is 0. The van der Waals surface area contributed by atoms with E-state index in [4.69, 9.17) is 0 Å². The van der Waals surface area contributed by atoms with Gasteiger partial charge in [0.2, 0.25) is 0 Å². The molecule has 1 aliphatic carbocycles. The van der Waals surface area contributed by atoms with E-state index in [1.807, 2.05) is 37.3 Å². The molecule has 2 nitrogen and oxygen atoms in total. The third-order valence-electron chi connectivity index (χ3n) is 10.3. The normalized spacial score (nSPS) is 16.9. The minimum absolute atomic E-state index is 0.0200. The Kier molecular flexibility index (Phi) is 6.27. The number of hydrogen-bond donors (Lipinski definition) is 0. The van der Waals surface area contributed by atoms with Crippen LogP contribution in [-0.2, 0) is 22.7 Å². The molecule has 5 aromatic carbocycles. The Morgan fingerprint density at radius 2 is 1.12 bits per heavy atom. The molecule has 0 atom stereocenters. The molecule has 0 radical (unpaired) electrons. The summed E-state index contributed by atoms with van der Waals surface area (Å²) in [5.74, 6) is -8.51. The fraction of sp³-hybridized carbons (Fsp3) is 0.268. The van der Waals surface area contributed by atoms with Crippen molar-refractivity contribution in [2.45, 2.75) is 71.1 Å². The van der Waals surface area contributed by atoms with Crippen molar-refractivity contribution in [1.82, 2.24) is 0 Å². The molecule has 5 aromatic rings. The van der Waals surface area contributed by atoms with Crippen LogP contribution in [0.4, 0.5) is 51.7 Å². The van der Waals surface area contributed by atoms with E-state index < -0.39 is 23.0 Å². The maximum atomic E-state index is 15.4. The number of rotatable bonds is 2. The molecule has 0 fully saturated rings. The molecule has 48 heavy (non-hydrogen) atoms. The van der Waals surface area contributed by atoms with Crippen LogP contribution in [0.25, 0.3) is 0 Å². The van der Waals surface area contributed by atoms with E-state index in [1.165, 1.54) is 17.2 Å². The summed E-state index contributed by atoms with van der Waals surface area (Å²) < 4.78 is 60.2. The molecule has 2 aliphatic heterocycles. The summed E-state index contributed by atoms with van der Waals surface area (Å²) in [6, 6.07) is 31.4. The van der Waals surface area contributed by atoms with E-state index in [-0.39, 0.29) is 23.2 Å². The van der Waals surface area contributed by atoms with Gasteiger partial charge in [0.05, 0.1) is 11.3 Å². The monoisotopic (exact) mass is 644 g/mol. The van der Waals surface area contributed by atoms with Gasteiger partial charge in [-0.2, -0.15) is 17.6 Å². The molecule has 3 aliphatic rings. The number of nitrogens with zero attached hydrogens (tertiary/aromatic N) is 2. The lowest BCUT2D eigenvalue weighted by Gasteiger charge is -2.47. The standard InChI is InChI=1S/C41H37BF4N2/c1-24-21-34-37-35(22-24)48(33-14-10-11-28-36(33)41(45,46)40(28,43)44)31-13-9-8-12-29(31)42(37)30-23-26(39(5,6)7)17-20-32(30)47(34)27-18-15-25(16-19-27)38(2,3)4/h8-23H,1-7H3. The van der Waals surface area contributed by atoms with Crippen molar-refractivity contribution in [2.75, 3.05) is 9.80 Å². The summed E-state index contributed by atoms with van der Waals surface area (Å²) in [6.45, 7) is 15.0. The van der Waals surface area contributed by atoms with Gasteiger partial charge >= 0.3 is 11.8 Å². The van der Waals surface area contributed by atoms with Crippen LogP contribution < -0.4 is 26.2 Å². The Balaban J connectivity index is 1.45. The van der Waals surface area contributed by atoms with Crippen molar-refractivity contribution in [3.8, 4) is 0 Å². The van der Waals surface area contributed by atoms with Crippen molar-refractivity contribution < 1.29 is 17.6 Å². The zero-order valence-corrected chi connectivity index (χ0v) is 28.2. The highest BCUT2D eigenvalue weighted by atomic mass is 19.3. The first-order valence-corrected chi connectivity index (χ1v) is 16.5. The number of benzene rings is 5. The van der Waals surface area contributed by atoms with Crippen LogP contribution in [0.5, 0.6) is 0 Å². The van der Waals surface area contributed by atoms with E-state index in [0.717, 1.165) is 50.8 Å². The first-order chi connectivity index (χ1) is 22.5. The average molecular weight is 645 g/mol. The number of hydrogen-bond acceptors (Lipinski definition) is 2. The Morgan fingerprint density at radius 3 is 1.79 bits per heavy atom. The third-order valence-corrected chi connectivity index (χ3v) is 10.3. The van der Waals surface area contributed by atoms with Crippen LogP contribution >= 0.6 is 0 Å². The third kappa shape index (κ3) is 4.12. The fourth-order valence-corrected chi connectivity index (χ4v) is 7.78. The maximum Gasteiger partial charge on any atom is 0.342 e. The molecule has 0 unspecified atom stereocenters. The number of aryl methyl sites for hydroxylation is 1. The number of fused-ring (bicyclic) bond motifs is 5. The van der Waals surface area contributed by atoms with Crippen LogP contribution in [0.1, 0.15) is 69.4 Å². The molecule has 0 bridgehead atoms. The zero-order chi connectivity index (χ0) is 34.1. The van der Waals surface area contributed by atoms with E-state index >= 15 is 8.78 Å². The topological polar surface area (TPSA) is 6.48 Å². The Bertz CT molecular complexity index is 2140. The second kappa shape index (κ2) is 9.78. The van der Waals surface area contributed by atoms with E-state index in [2.05, 4.69) is 95.0 Å². The van der Waals surface area contributed by atoms with Gasteiger partial charge in [-0.25, -0.2) is 0 Å². The predicted octanol–water partition coefficient (Wildman–Crippen LogP) is 9.87. The molecule has 0 saturated heterocycles. The van der Waals surface area contributed by atoms with E-state index in [1.54, 1.807) is 11.0 Å². The van der Waals surface area contributed by atoms with Crippen molar-refractivity contribution in [3.05, 3.63) is 125 Å². The molecule has 2 heterocycles. The van der Waals surface area contributed by atoms with Gasteiger partial charge in [0.1, 0.15) is 0 Å². The fourth-order valence-electron chi connectivity index (χ4n) is 7.78. The summed E-state index contributed by atoms with van der Waals surface area (Å²) in [6.07, 6.45) is 0. The lowest BCUT2D eigenvalue weighted by atomic mass is 9.33. The summed E-state index contributed by atoms with van der Waals surface area (Å²) in [5.41, 5.74) is 9.49. The number of anilines is 6. The Hall–Kier alpha value is -4.52. The van der Waals surface area contributed by atoms with Gasteiger partial charge in [-0.05, 0) is 93.3 Å². The van der Waals surface area contributed by atoms with Crippen molar-refractivity contribution in [1.29, 1.82) is 0 Å². The van der Waals surface area contributed by atoms with Crippen molar-refractivity contribution >= 4 is 57.2 Å². The molecule has 0 aromatic heterocycles. The lowest BCUT2D eigenvalue weighted by Crippen LogP contribution is -2.61. The van der Waals surface area contributed by atoms with Gasteiger partial charge in [0, 0.05) is 34.0 Å². The van der Waals surface area contributed by atoms with Gasteiger partial charge in [0.15, 0.2) is 0 Å². The van der Waals surface area contributed by atoms with Crippen LogP contribution in [0.2, 0.25) is 0 Å². The predicted molar refractivity (Wildman–Crippen MR) is 190 cm³/mol.